The number of halogens is 1. The first-order valence-electron chi connectivity index (χ1n) is 20.2. The minimum Gasteiger partial charge on any atom is -0.490 e. The van der Waals surface area contributed by atoms with Gasteiger partial charge in [0, 0.05) is 81.9 Å². The van der Waals surface area contributed by atoms with Crippen LogP contribution in [0.2, 0.25) is 5.02 Å². The van der Waals surface area contributed by atoms with Crippen molar-refractivity contribution in [1.29, 1.82) is 5.26 Å². The highest BCUT2D eigenvalue weighted by molar-refractivity contribution is 6.31. The second kappa shape index (κ2) is 15.6. The van der Waals surface area contributed by atoms with Crippen LogP contribution in [0.15, 0.2) is 48.8 Å². The van der Waals surface area contributed by atoms with Crippen LogP contribution in [0.25, 0.3) is 0 Å². The molecular weight excluding hydrogens is 762 g/mol. The van der Waals surface area contributed by atoms with Crippen LogP contribution in [-0.4, -0.2) is 113 Å². The van der Waals surface area contributed by atoms with Gasteiger partial charge in [0.2, 0.25) is 17.8 Å². The number of carbonyl (C=O) groups excluding carboxylic acids is 5. The van der Waals surface area contributed by atoms with Crippen molar-refractivity contribution in [2.24, 2.45) is 11.8 Å². The van der Waals surface area contributed by atoms with Crippen molar-refractivity contribution in [3.63, 3.8) is 0 Å². The first-order valence-corrected chi connectivity index (χ1v) is 20.6. The zero-order valence-electron chi connectivity index (χ0n) is 31.9. The summed E-state index contributed by atoms with van der Waals surface area (Å²) in [5.41, 5.74) is 2.38. The van der Waals surface area contributed by atoms with Crippen LogP contribution in [-0.2, 0) is 9.59 Å². The molecule has 15 nitrogen and oxygen atoms in total. The number of nitrogens with one attached hydrogen (secondary N) is 2. The van der Waals surface area contributed by atoms with Gasteiger partial charge in [0.15, 0.2) is 0 Å². The Hall–Kier alpha value is -5.59. The van der Waals surface area contributed by atoms with Gasteiger partial charge < -0.3 is 19.9 Å². The number of fused-ring (bicyclic) bond motifs is 2. The van der Waals surface area contributed by atoms with Gasteiger partial charge in [-0.15, -0.1) is 0 Å². The van der Waals surface area contributed by atoms with E-state index in [1.807, 2.05) is 6.07 Å². The molecule has 3 unspecified atom stereocenters. The largest absolute Gasteiger partial charge is 0.490 e. The molecule has 0 radical (unpaired) electrons. The Kier molecular flexibility index (Phi) is 10.2. The standard InChI is InChI=1S/C42H44ClN9O6/c43-35-16-32(5-1-24(35)17-44)58-31-6-2-28(3-7-31)47-38(54)25-18-45-42(46-19-25)49-13-11-29(12-14-49)50-20-26-22-51(23-27(26)21-50)30-4-8-33-34(15-30)41(57)52(40(33)56)36-9-10-37(53)48-39(36)55/h1,4-5,8,15-16,18-19,26-29,31,36H,2-3,6-7,9-14,20-23H2,(H,47,54)(H,48,53,55)/t26?,27?,28-,31-,36?. The zero-order chi connectivity index (χ0) is 40.1. The van der Waals surface area contributed by atoms with Gasteiger partial charge in [0.1, 0.15) is 17.9 Å². The van der Waals surface area contributed by atoms with Gasteiger partial charge in [-0.05, 0) is 87.1 Å². The number of likely N-dealkylation sites (tertiary alicyclic amines) is 1. The quantitative estimate of drug-likeness (QED) is 0.317. The second-order valence-electron chi connectivity index (χ2n) is 16.4. The van der Waals surface area contributed by atoms with Crippen LogP contribution in [0.5, 0.6) is 5.75 Å². The zero-order valence-corrected chi connectivity index (χ0v) is 32.7. The lowest BCUT2D eigenvalue weighted by Crippen LogP contribution is -2.54. The average molecular weight is 806 g/mol. The average Bonchev–Trinajstić information content (AvgIpc) is 3.89. The maximum Gasteiger partial charge on any atom is 0.262 e. The molecule has 5 fully saturated rings. The molecule has 2 aromatic carbocycles. The fourth-order valence-corrected chi connectivity index (χ4v) is 9.89. The van der Waals surface area contributed by atoms with Gasteiger partial charge in [-0.1, -0.05) is 11.6 Å². The number of nitriles is 1. The molecule has 1 saturated carbocycles. The topological polar surface area (TPSA) is 181 Å². The summed E-state index contributed by atoms with van der Waals surface area (Å²) in [5, 5.41) is 14.9. The summed E-state index contributed by atoms with van der Waals surface area (Å²) >= 11 is 6.15. The molecule has 0 bridgehead atoms. The molecule has 5 aliphatic heterocycles. The third-order valence-electron chi connectivity index (χ3n) is 12.8. The summed E-state index contributed by atoms with van der Waals surface area (Å²) in [4.78, 5) is 81.0. The van der Waals surface area contributed by atoms with Crippen LogP contribution in [0.4, 0.5) is 11.6 Å². The summed E-state index contributed by atoms with van der Waals surface area (Å²) in [6.07, 6.45) is 8.66. The van der Waals surface area contributed by atoms with Crippen LogP contribution in [0, 0.1) is 23.2 Å². The van der Waals surface area contributed by atoms with Crippen LogP contribution in [0.1, 0.15) is 88.0 Å². The van der Waals surface area contributed by atoms with Crippen molar-refractivity contribution in [2.45, 2.75) is 75.6 Å². The highest BCUT2D eigenvalue weighted by Gasteiger charge is 2.46. The van der Waals surface area contributed by atoms with Gasteiger partial charge in [0.25, 0.3) is 17.7 Å². The van der Waals surface area contributed by atoms with Crippen LogP contribution < -0.4 is 25.2 Å². The maximum absolute atomic E-state index is 13.4. The number of piperidine rings is 2. The number of imide groups is 2. The Morgan fingerprint density at radius 3 is 2.22 bits per heavy atom. The highest BCUT2D eigenvalue weighted by Crippen LogP contribution is 2.38. The molecule has 16 heteroatoms. The van der Waals surface area contributed by atoms with Crippen LogP contribution in [0.3, 0.4) is 0 Å². The molecule has 300 valence electrons. The summed E-state index contributed by atoms with van der Waals surface area (Å²) in [6.45, 7) is 5.45. The second-order valence-corrected chi connectivity index (χ2v) is 16.8. The Labute approximate surface area is 340 Å². The summed E-state index contributed by atoms with van der Waals surface area (Å²) in [7, 11) is 0. The van der Waals surface area contributed by atoms with E-state index < -0.39 is 29.7 Å². The number of nitrogens with zero attached hydrogens (tertiary/aromatic N) is 7. The molecule has 1 aromatic heterocycles. The van der Waals surface area contributed by atoms with Crippen molar-refractivity contribution in [1.82, 2.24) is 30.4 Å². The molecule has 4 saturated heterocycles. The van der Waals surface area contributed by atoms with Crippen molar-refractivity contribution < 1.29 is 28.7 Å². The minimum absolute atomic E-state index is 0.0218. The molecule has 5 amide bonds. The van der Waals surface area contributed by atoms with Gasteiger partial charge >= 0.3 is 0 Å². The maximum atomic E-state index is 13.4. The van der Waals surface area contributed by atoms with E-state index in [4.69, 9.17) is 21.6 Å². The number of aromatic nitrogens is 2. The van der Waals surface area contributed by atoms with E-state index in [-0.39, 0.29) is 30.9 Å². The van der Waals surface area contributed by atoms with Gasteiger partial charge in [-0.3, -0.25) is 39.1 Å². The Balaban J connectivity index is 0.717. The number of rotatable bonds is 8. The Bertz CT molecular complexity index is 2180. The molecule has 3 aromatic rings. The van der Waals surface area contributed by atoms with Crippen molar-refractivity contribution in [3.8, 4) is 11.8 Å². The molecule has 9 rings (SSSR count). The monoisotopic (exact) mass is 805 g/mol. The minimum atomic E-state index is -0.974. The highest BCUT2D eigenvalue weighted by atomic mass is 35.5. The summed E-state index contributed by atoms with van der Waals surface area (Å²) in [5.74, 6) is 0.139. The molecule has 2 N–H and O–H groups in total. The van der Waals surface area contributed by atoms with E-state index in [1.54, 1.807) is 42.7 Å². The number of hydrogen-bond acceptors (Lipinski definition) is 12. The third-order valence-corrected chi connectivity index (χ3v) is 13.2. The summed E-state index contributed by atoms with van der Waals surface area (Å²) in [6, 6.07) is 12.1. The fraction of sp³-hybridized carbons (Fsp3) is 0.476. The molecule has 6 aliphatic rings. The number of ether oxygens (including phenoxy) is 1. The molecule has 1 aliphatic carbocycles. The van der Waals surface area contributed by atoms with Crippen LogP contribution >= 0.6 is 11.6 Å². The molecular formula is C42H44ClN9O6. The lowest BCUT2D eigenvalue weighted by molar-refractivity contribution is -0.136. The SMILES string of the molecule is N#Cc1ccc(O[C@H]2CC[C@H](NC(=O)c3cnc(N4CCC(N5CC6CN(c7ccc8c(c7)C(=O)N(C7CCC(=O)NC7=O)C8=O)CC6C5)CC4)nc3)CC2)cc1Cl. The fourth-order valence-electron chi connectivity index (χ4n) is 9.67. The number of amides is 5. The first kappa shape index (κ1) is 38.0. The van der Waals surface area contributed by atoms with E-state index in [2.05, 4.69) is 41.4 Å². The lowest BCUT2D eigenvalue weighted by atomic mass is 9.92. The first-order chi connectivity index (χ1) is 28.1. The number of hydrogen-bond donors (Lipinski definition) is 2. The van der Waals surface area contributed by atoms with Crippen molar-refractivity contribution >= 4 is 52.8 Å². The smallest absolute Gasteiger partial charge is 0.262 e. The Morgan fingerprint density at radius 2 is 1.55 bits per heavy atom. The van der Waals surface area contributed by atoms with Gasteiger partial charge in [0.05, 0.1) is 33.4 Å². The number of carbonyl (C=O) groups is 5. The van der Waals surface area contributed by atoms with Gasteiger partial charge in [-0.25, -0.2) is 9.97 Å². The van der Waals surface area contributed by atoms with Crippen molar-refractivity contribution in [3.05, 3.63) is 76.1 Å². The predicted octanol–water partition coefficient (Wildman–Crippen LogP) is 3.56. The normalized spacial score (nSPS) is 26.3. The van der Waals surface area contributed by atoms with E-state index in [9.17, 15) is 24.0 Å². The third kappa shape index (κ3) is 7.35. The number of benzene rings is 2. The lowest BCUT2D eigenvalue weighted by Gasteiger charge is -2.37. The molecule has 0 spiro atoms. The van der Waals surface area contributed by atoms with Crippen molar-refractivity contribution in [2.75, 3.05) is 49.1 Å². The van der Waals surface area contributed by atoms with Gasteiger partial charge in [-0.2, -0.15) is 5.26 Å². The van der Waals surface area contributed by atoms with E-state index in [0.29, 0.717) is 56.9 Å². The number of anilines is 2. The van der Waals surface area contributed by atoms with E-state index in [1.165, 1.54) is 0 Å². The van der Waals surface area contributed by atoms with E-state index in [0.717, 1.165) is 88.4 Å². The predicted molar refractivity (Wildman–Crippen MR) is 211 cm³/mol. The van der Waals surface area contributed by atoms with E-state index >= 15 is 0 Å². The molecule has 58 heavy (non-hydrogen) atoms. The Morgan fingerprint density at radius 1 is 0.845 bits per heavy atom. The molecule has 6 heterocycles. The summed E-state index contributed by atoms with van der Waals surface area (Å²) < 4.78 is 6.09. The molecule has 3 atom stereocenters.